The molecule has 0 saturated carbocycles. The summed E-state index contributed by atoms with van der Waals surface area (Å²) in [7, 11) is 1.71. The van der Waals surface area contributed by atoms with Crippen LogP contribution in [0.3, 0.4) is 0 Å². The normalized spacial score (nSPS) is 10.3. The molecule has 0 bridgehead atoms. The van der Waals surface area contributed by atoms with Crippen molar-refractivity contribution in [2.24, 2.45) is 0 Å². The van der Waals surface area contributed by atoms with Gasteiger partial charge in [-0.2, -0.15) is 0 Å². The summed E-state index contributed by atoms with van der Waals surface area (Å²) in [6.45, 7) is 2.01. The molecule has 0 atom stereocenters. The van der Waals surface area contributed by atoms with E-state index in [0.717, 1.165) is 16.8 Å². The SMILES string of the molecule is CC(=O)N(C)c1ccc(CC(=O)NCCc2ccc(F)cc2)cc1. The van der Waals surface area contributed by atoms with Gasteiger partial charge in [0, 0.05) is 26.2 Å². The number of anilines is 1. The topological polar surface area (TPSA) is 49.4 Å². The number of amides is 2. The van der Waals surface area contributed by atoms with Gasteiger partial charge in [-0.05, 0) is 41.8 Å². The third-order valence-corrected chi connectivity index (χ3v) is 3.81. The number of rotatable bonds is 6. The van der Waals surface area contributed by atoms with Crippen LogP contribution in [0.1, 0.15) is 18.1 Å². The van der Waals surface area contributed by atoms with E-state index in [1.165, 1.54) is 19.1 Å². The molecule has 1 N–H and O–H groups in total. The molecule has 126 valence electrons. The Hall–Kier alpha value is -2.69. The van der Waals surface area contributed by atoms with E-state index in [1.807, 2.05) is 24.3 Å². The molecule has 0 aromatic heterocycles. The van der Waals surface area contributed by atoms with Crippen molar-refractivity contribution in [2.75, 3.05) is 18.5 Å². The largest absolute Gasteiger partial charge is 0.355 e. The minimum Gasteiger partial charge on any atom is -0.355 e. The fourth-order valence-electron chi connectivity index (χ4n) is 2.26. The first-order valence-electron chi connectivity index (χ1n) is 7.80. The average Bonchev–Trinajstić information content (AvgIpc) is 2.56. The van der Waals surface area contributed by atoms with Crippen LogP contribution in [0.25, 0.3) is 0 Å². The Balaban J connectivity index is 1.79. The third kappa shape index (κ3) is 5.19. The molecular formula is C19H21FN2O2. The van der Waals surface area contributed by atoms with Gasteiger partial charge in [-0.25, -0.2) is 4.39 Å². The van der Waals surface area contributed by atoms with Crippen molar-refractivity contribution >= 4 is 17.5 Å². The standard InChI is InChI=1S/C19H21FN2O2/c1-14(23)22(2)18-9-5-16(6-10-18)13-19(24)21-12-11-15-3-7-17(20)8-4-15/h3-10H,11-13H2,1-2H3,(H,21,24). The summed E-state index contributed by atoms with van der Waals surface area (Å²) in [6.07, 6.45) is 0.946. The summed E-state index contributed by atoms with van der Waals surface area (Å²) in [5.41, 5.74) is 2.66. The van der Waals surface area contributed by atoms with Gasteiger partial charge >= 0.3 is 0 Å². The van der Waals surface area contributed by atoms with Crippen molar-refractivity contribution in [1.29, 1.82) is 0 Å². The van der Waals surface area contributed by atoms with Crippen LogP contribution in [0, 0.1) is 5.82 Å². The van der Waals surface area contributed by atoms with E-state index >= 15 is 0 Å². The molecule has 0 heterocycles. The Morgan fingerprint density at radius 3 is 2.17 bits per heavy atom. The minimum absolute atomic E-state index is 0.0405. The van der Waals surface area contributed by atoms with Crippen LogP contribution < -0.4 is 10.2 Å². The number of halogens is 1. The number of benzene rings is 2. The summed E-state index contributed by atoms with van der Waals surface area (Å²) in [4.78, 5) is 24.8. The quantitative estimate of drug-likeness (QED) is 0.886. The Labute approximate surface area is 141 Å². The van der Waals surface area contributed by atoms with Crippen molar-refractivity contribution in [3.8, 4) is 0 Å². The highest BCUT2D eigenvalue weighted by Crippen LogP contribution is 2.14. The van der Waals surface area contributed by atoms with Gasteiger partial charge in [0.2, 0.25) is 11.8 Å². The Morgan fingerprint density at radius 1 is 1.00 bits per heavy atom. The highest BCUT2D eigenvalue weighted by Gasteiger charge is 2.07. The van der Waals surface area contributed by atoms with Gasteiger partial charge in [-0.1, -0.05) is 24.3 Å². The van der Waals surface area contributed by atoms with Gasteiger partial charge in [0.25, 0.3) is 0 Å². The molecule has 24 heavy (non-hydrogen) atoms. The molecule has 2 aromatic carbocycles. The lowest BCUT2D eigenvalue weighted by molar-refractivity contribution is -0.120. The van der Waals surface area contributed by atoms with Crippen molar-refractivity contribution in [3.05, 3.63) is 65.5 Å². The third-order valence-electron chi connectivity index (χ3n) is 3.81. The minimum atomic E-state index is -0.262. The van der Waals surface area contributed by atoms with E-state index in [2.05, 4.69) is 5.32 Å². The molecule has 4 nitrogen and oxygen atoms in total. The molecule has 5 heteroatoms. The van der Waals surface area contributed by atoms with Gasteiger partial charge in [-0.3, -0.25) is 9.59 Å². The lowest BCUT2D eigenvalue weighted by Crippen LogP contribution is -2.27. The summed E-state index contributed by atoms with van der Waals surface area (Å²) < 4.78 is 12.8. The molecule has 0 aliphatic rings. The number of nitrogens with zero attached hydrogens (tertiary/aromatic N) is 1. The number of carbonyl (C=O) groups excluding carboxylic acids is 2. The maximum atomic E-state index is 12.8. The molecule has 0 fully saturated rings. The van der Waals surface area contributed by atoms with E-state index in [9.17, 15) is 14.0 Å². The van der Waals surface area contributed by atoms with Gasteiger partial charge in [0.05, 0.1) is 6.42 Å². The first-order chi connectivity index (χ1) is 11.5. The highest BCUT2D eigenvalue weighted by molar-refractivity contribution is 5.90. The van der Waals surface area contributed by atoms with Crippen LogP contribution >= 0.6 is 0 Å². The molecule has 0 spiro atoms. The van der Waals surface area contributed by atoms with Gasteiger partial charge in [-0.15, -0.1) is 0 Å². The van der Waals surface area contributed by atoms with E-state index < -0.39 is 0 Å². The van der Waals surface area contributed by atoms with Crippen LogP contribution in [-0.2, 0) is 22.4 Å². The van der Waals surface area contributed by atoms with Crippen LogP contribution in [0.4, 0.5) is 10.1 Å². The van der Waals surface area contributed by atoms with Crippen molar-refractivity contribution in [1.82, 2.24) is 5.32 Å². The summed E-state index contributed by atoms with van der Waals surface area (Å²) >= 11 is 0. The second-order valence-electron chi connectivity index (χ2n) is 5.65. The number of hydrogen-bond acceptors (Lipinski definition) is 2. The van der Waals surface area contributed by atoms with Crippen LogP contribution in [0.2, 0.25) is 0 Å². The van der Waals surface area contributed by atoms with Gasteiger partial charge in [0.15, 0.2) is 0 Å². The zero-order valence-corrected chi connectivity index (χ0v) is 13.9. The predicted molar refractivity (Wildman–Crippen MR) is 92.3 cm³/mol. The van der Waals surface area contributed by atoms with Crippen LogP contribution in [0.15, 0.2) is 48.5 Å². The predicted octanol–water partition coefficient (Wildman–Crippen LogP) is 2.71. The second-order valence-corrected chi connectivity index (χ2v) is 5.65. The van der Waals surface area contributed by atoms with E-state index in [0.29, 0.717) is 13.0 Å². The maximum absolute atomic E-state index is 12.8. The summed E-state index contributed by atoms with van der Waals surface area (Å²) in [5.74, 6) is -0.368. The summed E-state index contributed by atoms with van der Waals surface area (Å²) in [6, 6.07) is 13.6. The number of nitrogens with one attached hydrogen (secondary N) is 1. The van der Waals surface area contributed by atoms with Gasteiger partial charge < -0.3 is 10.2 Å². The monoisotopic (exact) mass is 328 g/mol. The summed E-state index contributed by atoms with van der Waals surface area (Å²) in [5, 5.41) is 2.85. The Morgan fingerprint density at radius 2 is 1.58 bits per heavy atom. The van der Waals surface area contributed by atoms with Crippen molar-refractivity contribution < 1.29 is 14.0 Å². The maximum Gasteiger partial charge on any atom is 0.224 e. The molecule has 0 saturated heterocycles. The lowest BCUT2D eigenvalue weighted by atomic mass is 10.1. The fourth-order valence-corrected chi connectivity index (χ4v) is 2.26. The van der Waals surface area contributed by atoms with Crippen molar-refractivity contribution in [3.63, 3.8) is 0 Å². The van der Waals surface area contributed by atoms with Crippen molar-refractivity contribution in [2.45, 2.75) is 19.8 Å². The molecule has 0 aliphatic carbocycles. The molecule has 2 amide bonds. The molecule has 2 aromatic rings. The Bertz CT molecular complexity index is 696. The zero-order chi connectivity index (χ0) is 17.5. The fraction of sp³-hybridized carbons (Fsp3) is 0.263. The van der Waals surface area contributed by atoms with E-state index in [4.69, 9.17) is 0 Å². The smallest absolute Gasteiger partial charge is 0.224 e. The highest BCUT2D eigenvalue weighted by atomic mass is 19.1. The molecule has 0 radical (unpaired) electrons. The Kier molecular flexibility index (Phi) is 6.07. The van der Waals surface area contributed by atoms with E-state index in [1.54, 1.807) is 24.1 Å². The molecule has 0 aliphatic heterocycles. The molecule has 0 unspecified atom stereocenters. The van der Waals surface area contributed by atoms with Gasteiger partial charge in [0.1, 0.15) is 5.82 Å². The number of carbonyl (C=O) groups is 2. The van der Waals surface area contributed by atoms with Crippen LogP contribution in [0.5, 0.6) is 0 Å². The average molecular weight is 328 g/mol. The first kappa shape index (κ1) is 17.7. The molecule has 2 rings (SSSR count). The van der Waals surface area contributed by atoms with Crippen LogP contribution in [-0.4, -0.2) is 25.4 Å². The lowest BCUT2D eigenvalue weighted by Gasteiger charge is -2.15. The first-order valence-corrected chi connectivity index (χ1v) is 7.80. The van der Waals surface area contributed by atoms with E-state index in [-0.39, 0.29) is 24.1 Å². The number of hydrogen-bond donors (Lipinski definition) is 1. The zero-order valence-electron chi connectivity index (χ0n) is 13.9. The molecular weight excluding hydrogens is 307 g/mol. The second kappa shape index (κ2) is 8.24.